The van der Waals surface area contributed by atoms with Gasteiger partial charge in [0.25, 0.3) is 17.7 Å². The molecular weight excluding hydrogens is 439 g/mol. The lowest BCUT2D eigenvalue weighted by molar-refractivity contribution is 0.0642. The van der Waals surface area contributed by atoms with Crippen LogP contribution in [0.3, 0.4) is 0 Å². The second-order valence-electron chi connectivity index (χ2n) is 6.83. The lowest BCUT2D eigenvalue weighted by Crippen LogP contribution is -2.29. The van der Waals surface area contributed by atoms with Crippen LogP contribution in [0.25, 0.3) is 0 Å². The molecule has 6 nitrogen and oxygen atoms in total. The second-order valence-corrected chi connectivity index (χ2v) is 7.62. The summed E-state index contributed by atoms with van der Waals surface area (Å²) in [6.07, 6.45) is 0. The number of ether oxygens (including phenoxy) is 1. The molecule has 0 fully saturated rings. The Bertz CT molecular complexity index is 1190. The first kappa shape index (κ1) is 20.9. The van der Waals surface area contributed by atoms with Crippen molar-refractivity contribution >= 4 is 46.6 Å². The maximum atomic E-state index is 12.9. The monoisotopic (exact) mass is 454 g/mol. The molecule has 0 spiro atoms. The summed E-state index contributed by atoms with van der Waals surface area (Å²) in [6, 6.07) is 16.5. The maximum absolute atomic E-state index is 12.9. The average Bonchev–Trinajstić information content (AvgIpc) is 3.02. The Morgan fingerprint density at radius 1 is 0.968 bits per heavy atom. The van der Waals surface area contributed by atoms with Gasteiger partial charge in [0.15, 0.2) is 0 Å². The molecule has 1 N–H and O–H groups in total. The number of halogens is 2. The SMILES string of the molecule is COc1ccc(CN2C(=O)c3ccccc3C2=O)cc1C(=O)Nc1cccc(Cl)c1Cl. The number of carbonyl (C=O) groups is 3. The third kappa shape index (κ3) is 3.87. The summed E-state index contributed by atoms with van der Waals surface area (Å²) in [6.45, 7) is 0.0224. The molecule has 3 aromatic rings. The zero-order valence-electron chi connectivity index (χ0n) is 16.3. The summed E-state index contributed by atoms with van der Waals surface area (Å²) in [5.74, 6) is -0.867. The molecule has 1 heterocycles. The topological polar surface area (TPSA) is 75.7 Å². The summed E-state index contributed by atoms with van der Waals surface area (Å²) in [7, 11) is 1.45. The van der Waals surface area contributed by atoms with Gasteiger partial charge in [-0.25, -0.2) is 0 Å². The summed E-state index contributed by atoms with van der Waals surface area (Å²) in [4.78, 5) is 39.3. The zero-order valence-corrected chi connectivity index (χ0v) is 17.8. The Balaban J connectivity index is 1.61. The Kier molecular flexibility index (Phi) is 5.67. The lowest BCUT2D eigenvalue weighted by Gasteiger charge is -2.16. The smallest absolute Gasteiger partial charge is 0.261 e. The molecule has 156 valence electrons. The molecule has 1 aliphatic heterocycles. The van der Waals surface area contributed by atoms with Crippen LogP contribution in [-0.4, -0.2) is 29.7 Å². The van der Waals surface area contributed by atoms with Crippen molar-refractivity contribution in [3.63, 3.8) is 0 Å². The van der Waals surface area contributed by atoms with Gasteiger partial charge in [0.05, 0.1) is 46.1 Å². The molecule has 8 heteroatoms. The van der Waals surface area contributed by atoms with Crippen molar-refractivity contribution in [1.82, 2.24) is 4.90 Å². The summed E-state index contributed by atoms with van der Waals surface area (Å²) < 4.78 is 5.31. The van der Waals surface area contributed by atoms with Crippen molar-refractivity contribution in [2.45, 2.75) is 6.54 Å². The Hall–Kier alpha value is -3.35. The number of imide groups is 1. The van der Waals surface area contributed by atoms with Crippen molar-refractivity contribution in [3.05, 3.63) is 93.0 Å². The first-order chi connectivity index (χ1) is 14.9. The normalized spacial score (nSPS) is 12.7. The highest BCUT2D eigenvalue weighted by Crippen LogP contribution is 2.31. The number of nitrogens with one attached hydrogen (secondary N) is 1. The van der Waals surface area contributed by atoms with E-state index in [2.05, 4.69) is 5.32 Å². The second kappa shape index (κ2) is 8.41. The van der Waals surface area contributed by atoms with Gasteiger partial charge in [-0.15, -0.1) is 0 Å². The highest BCUT2D eigenvalue weighted by Gasteiger charge is 2.35. The zero-order chi connectivity index (χ0) is 22.1. The van der Waals surface area contributed by atoms with Crippen LogP contribution in [0.2, 0.25) is 10.0 Å². The molecule has 3 aromatic carbocycles. The molecule has 0 saturated heterocycles. The third-order valence-electron chi connectivity index (χ3n) is 4.93. The van der Waals surface area contributed by atoms with E-state index in [4.69, 9.17) is 27.9 Å². The molecule has 0 saturated carbocycles. The van der Waals surface area contributed by atoms with Gasteiger partial charge < -0.3 is 10.1 Å². The molecule has 0 aromatic heterocycles. The average molecular weight is 455 g/mol. The molecule has 0 aliphatic carbocycles. The molecular formula is C23H16Cl2N2O4. The number of fused-ring (bicyclic) bond motifs is 1. The van der Waals surface area contributed by atoms with Crippen LogP contribution in [0.15, 0.2) is 60.7 Å². The van der Waals surface area contributed by atoms with E-state index in [1.165, 1.54) is 7.11 Å². The van der Waals surface area contributed by atoms with Gasteiger partial charge in [-0.05, 0) is 42.0 Å². The highest BCUT2D eigenvalue weighted by molar-refractivity contribution is 6.44. The van der Waals surface area contributed by atoms with Crippen molar-refractivity contribution in [2.75, 3.05) is 12.4 Å². The molecule has 0 unspecified atom stereocenters. The number of hydrogen-bond donors (Lipinski definition) is 1. The summed E-state index contributed by atoms with van der Waals surface area (Å²) in [5.41, 5.74) is 1.92. The number of amides is 3. The van der Waals surface area contributed by atoms with E-state index in [1.807, 2.05) is 0 Å². The number of anilines is 1. The van der Waals surface area contributed by atoms with Crippen LogP contribution in [0.1, 0.15) is 36.6 Å². The van der Waals surface area contributed by atoms with E-state index in [1.54, 1.807) is 60.7 Å². The largest absolute Gasteiger partial charge is 0.496 e. The van der Waals surface area contributed by atoms with Crippen molar-refractivity contribution < 1.29 is 19.1 Å². The van der Waals surface area contributed by atoms with E-state index in [-0.39, 0.29) is 28.9 Å². The predicted octanol–water partition coefficient (Wildman–Crippen LogP) is 5.05. The van der Waals surface area contributed by atoms with Crippen LogP contribution in [0, 0.1) is 0 Å². The minimum absolute atomic E-state index is 0.0224. The van der Waals surface area contributed by atoms with Crippen molar-refractivity contribution in [1.29, 1.82) is 0 Å². The first-order valence-electron chi connectivity index (χ1n) is 9.28. The fourth-order valence-electron chi connectivity index (χ4n) is 3.39. The fourth-order valence-corrected chi connectivity index (χ4v) is 3.73. The van der Waals surface area contributed by atoms with Crippen molar-refractivity contribution in [3.8, 4) is 5.75 Å². The highest BCUT2D eigenvalue weighted by atomic mass is 35.5. The van der Waals surface area contributed by atoms with Gasteiger partial charge in [0.2, 0.25) is 0 Å². The van der Waals surface area contributed by atoms with Crippen LogP contribution < -0.4 is 10.1 Å². The number of hydrogen-bond acceptors (Lipinski definition) is 4. The number of methoxy groups -OCH3 is 1. The van der Waals surface area contributed by atoms with E-state index >= 15 is 0 Å². The van der Waals surface area contributed by atoms with Crippen LogP contribution in [0.4, 0.5) is 5.69 Å². The van der Waals surface area contributed by atoms with Gasteiger partial charge >= 0.3 is 0 Å². The number of nitrogens with zero attached hydrogens (tertiary/aromatic N) is 1. The Morgan fingerprint density at radius 3 is 2.29 bits per heavy atom. The third-order valence-corrected chi connectivity index (χ3v) is 5.75. The van der Waals surface area contributed by atoms with Gasteiger partial charge in [-0.3, -0.25) is 19.3 Å². The molecule has 1 aliphatic rings. The molecule has 3 amide bonds. The van der Waals surface area contributed by atoms with E-state index in [9.17, 15) is 14.4 Å². The molecule has 4 rings (SSSR count). The van der Waals surface area contributed by atoms with Crippen molar-refractivity contribution in [2.24, 2.45) is 0 Å². The predicted molar refractivity (Wildman–Crippen MR) is 118 cm³/mol. The quantitative estimate of drug-likeness (QED) is 0.547. The van der Waals surface area contributed by atoms with Gasteiger partial charge in [0, 0.05) is 0 Å². The number of carbonyl (C=O) groups excluding carboxylic acids is 3. The summed E-state index contributed by atoms with van der Waals surface area (Å²) in [5, 5.41) is 3.24. The Labute approximate surface area is 188 Å². The standard InChI is InChI=1S/C23H16Cl2N2O4/c1-31-19-10-9-13(12-27-22(29)14-5-2-3-6-15(14)23(27)30)11-16(19)21(28)26-18-8-4-7-17(24)20(18)25/h2-11H,12H2,1H3,(H,26,28). The Morgan fingerprint density at radius 2 is 1.65 bits per heavy atom. The molecule has 0 atom stereocenters. The maximum Gasteiger partial charge on any atom is 0.261 e. The molecule has 31 heavy (non-hydrogen) atoms. The van der Waals surface area contributed by atoms with Gasteiger partial charge in [-0.1, -0.05) is 47.5 Å². The van der Waals surface area contributed by atoms with Crippen LogP contribution >= 0.6 is 23.2 Å². The van der Waals surface area contributed by atoms with Gasteiger partial charge in [-0.2, -0.15) is 0 Å². The minimum atomic E-state index is -0.467. The van der Waals surface area contributed by atoms with Crippen LogP contribution in [-0.2, 0) is 6.54 Å². The van der Waals surface area contributed by atoms with E-state index in [0.717, 1.165) is 4.90 Å². The number of benzene rings is 3. The summed E-state index contributed by atoms with van der Waals surface area (Å²) >= 11 is 12.2. The number of rotatable bonds is 5. The van der Waals surface area contributed by atoms with E-state index in [0.29, 0.717) is 33.1 Å². The van der Waals surface area contributed by atoms with Crippen LogP contribution in [0.5, 0.6) is 5.75 Å². The van der Waals surface area contributed by atoms with E-state index < -0.39 is 5.91 Å². The van der Waals surface area contributed by atoms with Gasteiger partial charge in [0.1, 0.15) is 5.75 Å². The lowest BCUT2D eigenvalue weighted by atomic mass is 10.1. The first-order valence-corrected chi connectivity index (χ1v) is 10.0. The molecule has 0 radical (unpaired) electrons. The fraction of sp³-hybridized carbons (Fsp3) is 0.0870. The molecule has 0 bridgehead atoms. The minimum Gasteiger partial charge on any atom is -0.496 e.